The van der Waals surface area contributed by atoms with Crippen molar-refractivity contribution in [1.82, 2.24) is 4.90 Å². The summed E-state index contributed by atoms with van der Waals surface area (Å²) >= 11 is 0. The normalized spacial score (nSPS) is 23.1. The molecule has 24 heavy (non-hydrogen) atoms. The molecule has 0 N–H and O–H groups in total. The van der Waals surface area contributed by atoms with Crippen LogP contribution in [0.3, 0.4) is 0 Å². The molecule has 1 aromatic carbocycles. The van der Waals surface area contributed by atoms with E-state index in [0.717, 1.165) is 0 Å². The first kappa shape index (κ1) is 16.8. The van der Waals surface area contributed by atoms with E-state index in [9.17, 15) is 0 Å². The number of hydrogen-bond acceptors (Lipinski definition) is 5. The lowest BCUT2D eigenvalue weighted by Gasteiger charge is -2.21. The molecule has 0 fully saturated rings. The second-order valence-electron chi connectivity index (χ2n) is 7.14. The molecule has 0 aliphatic carbocycles. The van der Waals surface area contributed by atoms with Crippen molar-refractivity contribution in [2.45, 2.75) is 46.3 Å². The van der Waals surface area contributed by atoms with Gasteiger partial charge in [-0.05, 0) is 17.4 Å². The second-order valence-corrected chi connectivity index (χ2v) is 7.14. The highest BCUT2D eigenvalue weighted by Gasteiger charge is 2.33. The highest BCUT2D eigenvalue weighted by atomic mass is 16.5. The molecule has 2 aliphatic heterocycles. The van der Waals surface area contributed by atoms with E-state index in [0.29, 0.717) is 43.6 Å². The summed E-state index contributed by atoms with van der Waals surface area (Å²) in [7, 11) is 0. The van der Waals surface area contributed by atoms with E-state index in [1.54, 1.807) is 0 Å². The van der Waals surface area contributed by atoms with Gasteiger partial charge in [-0.25, -0.2) is 14.9 Å². The number of nitrogens with zero attached hydrogens (tertiary/aromatic N) is 3. The quantitative estimate of drug-likeness (QED) is 0.851. The molecule has 1 aromatic rings. The number of rotatable bonds is 4. The summed E-state index contributed by atoms with van der Waals surface area (Å²) in [6.45, 7) is 10.6. The molecular weight excluding hydrogens is 302 g/mol. The minimum Gasteiger partial charge on any atom is -0.463 e. The standard InChI is InChI=1S/C19H27N3O2/c1-13(2)16-11-23-18(20-16)22(10-15-8-6-5-7-9-15)19-21-17(12-24-19)14(3)4/h5-9,13-14,16-17H,10-12H2,1-4H3/t16-,17-/m1/s1. The van der Waals surface area contributed by atoms with Crippen LogP contribution in [0.15, 0.2) is 40.3 Å². The van der Waals surface area contributed by atoms with Crippen LogP contribution in [0.1, 0.15) is 33.3 Å². The SMILES string of the molecule is CC(C)[C@H]1COC(N(Cc2ccccc2)C2=N[C@@H](C(C)C)CO2)=N1. The third-order valence-electron chi connectivity index (χ3n) is 4.50. The van der Waals surface area contributed by atoms with Crippen LogP contribution in [-0.2, 0) is 16.0 Å². The van der Waals surface area contributed by atoms with Gasteiger partial charge in [-0.2, -0.15) is 0 Å². The Hall–Kier alpha value is -2.04. The largest absolute Gasteiger partial charge is 0.463 e. The van der Waals surface area contributed by atoms with Gasteiger partial charge in [-0.3, -0.25) is 0 Å². The Bertz CT molecular complexity index is 576. The van der Waals surface area contributed by atoms with Gasteiger partial charge in [0.2, 0.25) is 0 Å². The highest BCUT2D eigenvalue weighted by Crippen LogP contribution is 2.21. The zero-order chi connectivity index (χ0) is 17.1. The molecule has 0 bridgehead atoms. The Morgan fingerprint density at radius 3 is 1.83 bits per heavy atom. The van der Waals surface area contributed by atoms with Gasteiger partial charge in [-0.15, -0.1) is 0 Å². The van der Waals surface area contributed by atoms with Crippen LogP contribution >= 0.6 is 0 Å². The Morgan fingerprint density at radius 1 is 0.917 bits per heavy atom. The van der Waals surface area contributed by atoms with Crippen LogP contribution in [0.25, 0.3) is 0 Å². The van der Waals surface area contributed by atoms with Crippen LogP contribution in [0.5, 0.6) is 0 Å². The Labute approximate surface area is 144 Å². The Kier molecular flexibility index (Phi) is 5.07. The molecule has 5 heteroatoms. The zero-order valence-electron chi connectivity index (χ0n) is 15.0. The van der Waals surface area contributed by atoms with E-state index < -0.39 is 0 Å². The summed E-state index contributed by atoms with van der Waals surface area (Å²) in [5.74, 6) is 0.909. The number of ether oxygens (including phenoxy) is 2. The summed E-state index contributed by atoms with van der Waals surface area (Å²) in [4.78, 5) is 11.5. The fourth-order valence-corrected chi connectivity index (χ4v) is 2.71. The van der Waals surface area contributed by atoms with Crippen molar-refractivity contribution in [1.29, 1.82) is 0 Å². The smallest absolute Gasteiger partial charge is 0.296 e. The zero-order valence-corrected chi connectivity index (χ0v) is 15.0. The van der Waals surface area contributed by atoms with Gasteiger partial charge >= 0.3 is 0 Å². The summed E-state index contributed by atoms with van der Waals surface area (Å²) in [5.41, 5.74) is 1.18. The lowest BCUT2D eigenvalue weighted by atomic mass is 10.1. The van der Waals surface area contributed by atoms with Gasteiger partial charge < -0.3 is 9.47 Å². The number of amidine groups is 2. The Balaban J connectivity index is 1.85. The Morgan fingerprint density at radius 2 is 1.42 bits per heavy atom. The maximum absolute atomic E-state index is 5.88. The minimum atomic E-state index is 0.196. The van der Waals surface area contributed by atoms with Crippen LogP contribution in [0.4, 0.5) is 0 Å². The molecule has 2 heterocycles. The topological polar surface area (TPSA) is 46.4 Å². The molecule has 5 nitrogen and oxygen atoms in total. The van der Waals surface area contributed by atoms with Crippen molar-refractivity contribution in [2.24, 2.45) is 21.8 Å². The van der Waals surface area contributed by atoms with Crippen molar-refractivity contribution in [3.05, 3.63) is 35.9 Å². The molecule has 3 rings (SSSR count). The van der Waals surface area contributed by atoms with Crippen molar-refractivity contribution >= 4 is 12.0 Å². The van der Waals surface area contributed by atoms with Crippen LogP contribution in [-0.4, -0.2) is 42.2 Å². The lowest BCUT2D eigenvalue weighted by molar-refractivity contribution is 0.230. The van der Waals surface area contributed by atoms with Gasteiger partial charge in [-0.1, -0.05) is 58.0 Å². The number of hydrogen-bond donors (Lipinski definition) is 0. The van der Waals surface area contributed by atoms with Crippen molar-refractivity contribution in [3.63, 3.8) is 0 Å². The number of aliphatic imine (C=N–C) groups is 2. The lowest BCUT2D eigenvalue weighted by Crippen LogP contribution is -2.36. The van der Waals surface area contributed by atoms with E-state index in [-0.39, 0.29) is 12.1 Å². The maximum Gasteiger partial charge on any atom is 0.296 e. The van der Waals surface area contributed by atoms with E-state index in [2.05, 4.69) is 39.8 Å². The summed E-state index contributed by atoms with van der Waals surface area (Å²) < 4.78 is 11.8. The molecule has 0 amide bonds. The van der Waals surface area contributed by atoms with Crippen LogP contribution < -0.4 is 0 Å². The molecule has 0 saturated heterocycles. The highest BCUT2D eigenvalue weighted by molar-refractivity contribution is 5.94. The minimum absolute atomic E-state index is 0.196. The van der Waals surface area contributed by atoms with E-state index in [4.69, 9.17) is 19.5 Å². The van der Waals surface area contributed by atoms with E-state index >= 15 is 0 Å². The molecule has 130 valence electrons. The van der Waals surface area contributed by atoms with Crippen molar-refractivity contribution in [3.8, 4) is 0 Å². The van der Waals surface area contributed by atoms with E-state index in [1.165, 1.54) is 5.56 Å². The van der Waals surface area contributed by atoms with Gasteiger partial charge in [0.1, 0.15) is 13.2 Å². The van der Waals surface area contributed by atoms with Crippen LogP contribution in [0, 0.1) is 11.8 Å². The first-order valence-corrected chi connectivity index (χ1v) is 8.77. The summed E-state index contributed by atoms with van der Waals surface area (Å²) in [5, 5.41) is 0. The fourth-order valence-electron chi connectivity index (χ4n) is 2.71. The fraction of sp³-hybridized carbons (Fsp3) is 0.579. The van der Waals surface area contributed by atoms with Gasteiger partial charge in [0, 0.05) is 0 Å². The summed E-state index contributed by atoms with van der Waals surface area (Å²) in [6, 6.07) is 11.9. The average molecular weight is 329 g/mol. The van der Waals surface area contributed by atoms with Crippen molar-refractivity contribution < 1.29 is 9.47 Å². The maximum atomic E-state index is 5.88. The molecule has 0 unspecified atom stereocenters. The van der Waals surface area contributed by atoms with Gasteiger partial charge in [0.05, 0.1) is 18.6 Å². The molecule has 2 atom stereocenters. The average Bonchev–Trinajstić information content (AvgIpc) is 3.23. The van der Waals surface area contributed by atoms with Crippen molar-refractivity contribution in [2.75, 3.05) is 13.2 Å². The molecule has 0 saturated carbocycles. The number of benzene rings is 1. The third kappa shape index (κ3) is 3.71. The van der Waals surface area contributed by atoms with Gasteiger partial charge in [0.25, 0.3) is 12.0 Å². The molecular formula is C19H27N3O2. The predicted molar refractivity (Wildman–Crippen MR) is 96.0 cm³/mol. The molecule has 2 aliphatic rings. The molecule has 0 spiro atoms. The second kappa shape index (κ2) is 7.24. The molecule has 0 radical (unpaired) electrons. The predicted octanol–water partition coefficient (Wildman–Crippen LogP) is 3.31. The first-order valence-electron chi connectivity index (χ1n) is 8.77. The van der Waals surface area contributed by atoms with Gasteiger partial charge in [0.15, 0.2) is 0 Å². The monoisotopic (exact) mass is 329 g/mol. The third-order valence-corrected chi connectivity index (χ3v) is 4.50. The first-order chi connectivity index (χ1) is 11.5. The summed E-state index contributed by atoms with van der Waals surface area (Å²) in [6.07, 6.45) is 0. The van der Waals surface area contributed by atoms with Crippen LogP contribution in [0.2, 0.25) is 0 Å². The molecule has 0 aromatic heterocycles. The van der Waals surface area contributed by atoms with E-state index in [1.807, 2.05) is 23.1 Å².